The maximum Gasteiger partial charge on any atom is 0.416 e. The average molecular weight is 554 g/mol. The van der Waals surface area contributed by atoms with Crippen molar-refractivity contribution in [1.82, 2.24) is 14.5 Å². The van der Waals surface area contributed by atoms with Crippen LogP contribution < -0.4 is 0 Å². The second kappa shape index (κ2) is 10.1. The van der Waals surface area contributed by atoms with E-state index in [4.69, 9.17) is 23.2 Å². The van der Waals surface area contributed by atoms with Crippen LogP contribution in [0.2, 0.25) is 10.0 Å². The Labute approximate surface area is 225 Å². The minimum absolute atomic E-state index is 0.132. The molecule has 1 amide bonds. The number of alkyl halides is 3. The topological polar surface area (TPSA) is 38.1 Å². The lowest BCUT2D eigenvalue weighted by Crippen LogP contribution is -2.39. The van der Waals surface area contributed by atoms with Gasteiger partial charge < -0.3 is 9.47 Å². The van der Waals surface area contributed by atoms with E-state index in [9.17, 15) is 18.0 Å². The van der Waals surface area contributed by atoms with Crippen LogP contribution >= 0.6 is 23.2 Å². The normalized spacial score (nSPS) is 15.6. The van der Waals surface area contributed by atoms with Gasteiger partial charge in [0.1, 0.15) is 5.82 Å². The highest BCUT2D eigenvalue weighted by atomic mass is 35.5. The van der Waals surface area contributed by atoms with Gasteiger partial charge in [-0.05, 0) is 72.9 Å². The van der Waals surface area contributed by atoms with Gasteiger partial charge in [0.2, 0.25) is 0 Å². The van der Waals surface area contributed by atoms with Gasteiger partial charge in [0.05, 0.1) is 27.2 Å². The summed E-state index contributed by atoms with van der Waals surface area (Å²) in [7, 11) is 1.67. The summed E-state index contributed by atoms with van der Waals surface area (Å²) in [5, 5.41) is 0.638. The molecule has 0 bridgehead atoms. The van der Waals surface area contributed by atoms with E-state index >= 15 is 0 Å². The van der Waals surface area contributed by atoms with Crippen molar-refractivity contribution in [2.24, 2.45) is 18.4 Å². The third-order valence-electron chi connectivity index (χ3n) is 7.15. The standard InChI is InChI=1S/C28H32Cl2F3N3O/c1-16-12-18(28(31,32)33)13-22-25(16)34-23(35(22)5)14-20-21(29)7-6-19(24(20)30)26(37)36-10-8-17(9-11-36)15-27(2,3)4/h6-7,12-13,17H,8-11,14-15H2,1-5H3. The van der Waals surface area contributed by atoms with Crippen molar-refractivity contribution in [2.75, 3.05) is 13.1 Å². The molecule has 2 aromatic carbocycles. The van der Waals surface area contributed by atoms with E-state index in [2.05, 4.69) is 25.8 Å². The Hall–Kier alpha value is -2.25. The molecule has 0 spiro atoms. The van der Waals surface area contributed by atoms with Crippen molar-refractivity contribution in [1.29, 1.82) is 0 Å². The molecule has 9 heteroatoms. The summed E-state index contributed by atoms with van der Waals surface area (Å²) in [5.41, 5.74) is 1.75. The van der Waals surface area contributed by atoms with Crippen LogP contribution in [-0.4, -0.2) is 33.4 Å². The third-order valence-corrected chi connectivity index (χ3v) is 7.94. The van der Waals surface area contributed by atoms with Gasteiger partial charge in [-0.1, -0.05) is 44.0 Å². The van der Waals surface area contributed by atoms with E-state index in [0.717, 1.165) is 31.4 Å². The fourth-order valence-corrected chi connectivity index (χ4v) is 5.87. The highest BCUT2D eigenvalue weighted by Crippen LogP contribution is 2.36. The number of piperidine rings is 1. The molecule has 1 fully saturated rings. The van der Waals surface area contributed by atoms with Crippen LogP contribution in [0.5, 0.6) is 0 Å². The molecular formula is C28H32Cl2F3N3O. The maximum atomic E-state index is 13.4. The molecule has 200 valence electrons. The van der Waals surface area contributed by atoms with Crippen molar-refractivity contribution in [3.05, 3.63) is 62.4 Å². The first-order chi connectivity index (χ1) is 17.2. The van der Waals surface area contributed by atoms with Gasteiger partial charge in [-0.3, -0.25) is 4.79 Å². The summed E-state index contributed by atoms with van der Waals surface area (Å²) in [6, 6.07) is 5.50. The van der Waals surface area contributed by atoms with Crippen LogP contribution in [0.15, 0.2) is 24.3 Å². The molecule has 1 aliphatic rings. The molecule has 4 nitrogen and oxygen atoms in total. The Morgan fingerprint density at radius 2 is 1.76 bits per heavy atom. The van der Waals surface area contributed by atoms with E-state index in [1.807, 2.05) is 4.90 Å². The van der Waals surface area contributed by atoms with Gasteiger partial charge in [-0.25, -0.2) is 4.98 Å². The summed E-state index contributed by atoms with van der Waals surface area (Å²) < 4.78 is 41.7. The molecule has 3 aromatic rings. The predicted molar refractivity (Wildman–Crippen MR) is 142 cm³/mol. The number of imidazole rings is 1. The molecule has 1 saturated heterocycles. The van der Waals surface area contributed by atoms with Crippen LogP contribution in [0.25, 0.3) is 11.0 Å². The number of amides is 1. The first-order valence-corrected chi connectivity index (χ1v) is 13.2. The molecule has 0 radical (unpaired) electrons. The predicted octanol–water partition coefficient (Wildman–Crippen LogP) is 8.09. The molecule has 1 aliphatic heterocycles. The molecule has 0 atom stereocenters. The van der Waals surface area contributed by atoms with Crippen molar-refractivity contribution in [2.45, 2.75) is 59.6 Å². The lowest BCUT2D eigenvalue weighted by atomic mass is 9.80. The number of aromatic nitrogens is 2. The minimum atomic E-state index is -4.45. The van der Waals surface area contributed by atoms with Gasteiger partial charge >= 0.3 is 6.18 Å². The summed E-state index contributed by atoms with van der Waals surface area (Å²) in [4.78, 5) is 19.8. The van der Waals surface area contributed by atoms with Gasteiger partial charge in [0, 0.05) is 31.6 Å². The number of nitrogens with zero attached hydrogens (tertiary/aromatic N) is 3. The van der Waals surface area contributed by atoms with Crippen LogP contribution in [-0.2, 0) is 19.6 Å². The maximum absolute atomic E-state index is 13.4. The summed E-state index contributed by atoms with van der Waals surface area (Å²) in [5.74, 6) is 0.973. The first kappa shape index (κ1) is 27.8. The van der Waals surface area contributed by atoms with Crippen molar-refractivity contribution in [3.8, 4) is 0 Å². The molecular weight excluding hydrogens is 522 g/mol. The second-order valence-corrected chi connectivity index (χ2v) is 12.1. The van der Waals surface area contributed by atoms with E-state index in [0.29, 0.717) is 57.6 Å². The van der Waals surface area contributed by atoms with Gasteiger partial charge in [-0.2, -0.15) is 13.2 Å². The Kier molecular flexibility index (Phi) is 7.61. The molecule has 4 rings (SSSR count). The highest BCUT2D eigenvalue weighted by Gasteiger charge is 2.32. The molecule has 0 aliphatic carbocycles. The van der Waals surface area contributed by atoms with E-state index < -0.39 is 11.7 Å². The number of likely N-dealkylation sites (tertiary alicyclic amines) is 1. The van der Waals surface area contributed by atoms with Gasteiger partial charge in [0.15, 0.2) is 0 Å². The Bertz CT molecular complexity index is 1330. The zero-order valence-corrected chi connectivity index (χ0v) is 23.3. The third kappa shape index (κ3) is 5.93. The molecule has 2 heterocycles. The van der Waals surface area contributed by atoms with Crippen molar-refractivity contribution >= 4 is 40.1 Å². The number of aryl methyl sites for hydroxylation is 2. The number of hydrogen-bond donors (Lipinski definition) is 0. The largest absolute Gasteiger partial charge is 0.416 e. The quantitative estimate of drug-likeness (QED) is 0.327. The molecule has 0 N–H and O–H groups in total. The number of fused-ring (bicyclic) bond motifs is 1. The molecule has 0 saturated carbocycles. The second-order valence-electron chi connectivity index (χ2n) is 11.3. The van der Waals surface area contributed by atoms with Crippen molar-refractivity contribution < 1.29 is 18.0 Å². The van der Waals surface area contributed by atoms with Crippen LogP contribution in [0.3, 0.4) is 0 Å². The Balaban J connectivity index is 1.60. The van der Waals surface area contributed by atoms with E-state index in [-0.39, 0.29) is 22.8 Å². The minimum Gasteiger partial charge on any atom is -0.339 e. The molecule has 37 heavy (non-hydrogen) atoms. The summed E-state index contributed by atoms with van der Waals surface area (Å²) in [6.07, 6.45) is -1.23. The number of carbonyl (C=O) groups excluding carboxylic acids is 1. The first-order valence-electron chi connectivity index (χ1n) is 12.4. The van der Waals surface area contributed by atoms with E-state index in [1.54, 1.807) is 30.7 Å². The smallest absolute Gasteiger partial charge is 0.339 e. The zero-order chi connectivity index (χ0) is 27.3. The Morgan fingerprint density at radius 1 is 1.11 bits per heavy atom. The van der Waals surface area contributed by atoms with Crippen molar-refractivity contribution in [3.63, 3.8) is 0 Å². The van der Waals surface area contributed by atoms with Gasteiger partial charge in [0.25, 0.3) is 5.91 Å². The van der Waals surface area contributed by atoms with Crippen LogP contribution in [0.1, 0.15) is 72.9 Å². The lowest BCUT2D eigenvalue weighted by Gasteiger charge is -2.35. The SMILES string of the molecule is Cc1cc(C(F)(F)F)cc2c1nc(Cc1c(Cl)ccc(C(=O)N3CCC(CC(C)(C)C)CC3)c1Cl)n2C. The fraction of sp³-hybridized carbons (Fsp3) is 0.500. The number of benzene rings is 2. The average Bonchev–Trinajstić information content (AvgIpc) is 3.11. The Morgan fingerprint density at radius 3 is 2.35 bits per heavy atom. The number of carbonyl (C=O) groups is 1. The summed E-state index contributed by atoms with van der Waals surface area (Å²) in [6.45, 7) is 9.68. The van der Waals surface area contributed by atoms with Crippen LogP contribution in [0.4, 0.5) is 13.2 Å². The number of rotatable bonds is 4. The van der Waals surface area contributed by atoms with E-state index in [1.165, 1.54) is 0 Å². The summed E-state index contributed by atoms with van der Waals surface area (Å²) >= 11 is 13.2. The fourth-order valence-electron chi connectivity index (χ4n) is 5.29. The molecule has 0 unspecified atom stereocenters. The number of halogens is 5. The lowest BCUT2D eigenvalue weighted by molar-refractivity contribution is -0.137. The number of hydrogen-bond acceptors (Lipinski definition) is 2. The monoisotopic (exact) mass is 553 g/mol. The van der Waals surface area contributed by atoms with Gasteiger partial charge in [-0.15, -0.1) is 0 Å². The highest BCUT2D eigenvalue weighted by molar-refractivity contribution is 6.38. The zero-order valence-electron chi connectivity index (χ0n) is 21.8. The molecule has 1 aromatic heterocycles. The van der Waals surface area contributed by atoms with Crippen LogP contribution in [0, 0.1) is 18.3 Å².